The van der Waals surface area contributed by atoms with Crippen LogP contribution in [0.25, 0.3) is 6.08 Å². The van der Waals surface area contributed by atoms with E-state index in [2.05, 4.69) is 45.7 Å². The van der Waals surface area contributed by atoms with Crippen LogP contribution in [0.1, 0.15) is 18.1 Å². The Morgan fingerprint density at radius 3 is 2.45 bits per heavy atom. The van der Waals surface area contributed by atoms with Crippen molar-refractivity contribution in [2.24, 2.45) is 0 Å². The molecule has 1 aliphatic heterocycles. The topological polar surface area (TPSA) is 65.8 Å². The lowest BCUT2D eigenvalue weighted by Crippen LogP contribution is -2.49. The summed E-state index contributed by atoms with van der Waals surface area (Å²) in [7, 11) is 0. The summed E-state index contributed by atoms with van der Waals surface area (Å²) in [5, 5.41) is 10.9. The van der Waals surface area contributed by atoms with Gasteiger partial charge in [-0.15, -0.1) is 0 Å². The van der Waals surface area contributed by atoms with Crippen molar-refractivity contribution in [1.29, 1.82) is 5.26 Å². The molecule has 1 saturated heterocycles. The molecule has 1 heterocycles. The summed E-state index contributed by atoms with van der Waals surface area (Å²) < 4.78 is 12.7. The third-order valence-electron chi connectivity index (χ3n) is 6.07. The van der Waals surface area contributed by atoms with E-state index in [1.165, 1.54) is 0 Å². The van der Waals surface area contributed by atoms with Crippen LogP contribution in [0.3, 0.4) is 0 Å². The van der Waals surface area contributed by atoms with Crippen LogP contribution in [0.5, 0.6) is 11.5 Å². The average Bonchev–Trinajstić information content (AvgIpc) is 2.92. The molecular weight excluding hydrogens is 636 g/mol. The minimum absolute atomic E-state index is 0.0815. The van der Waals surface area contributed by atoms with Crippen molar-refractivity contribution >= 4 is 63.5 Å². The maximum atomic E-state index is 13.2. The van der Waals surface area contributed by atoms with Gasteiger partial charge < -0.3 is 19.3 Å². The van der Waals surface area contributed by atoms with Gasteiger partial charge in [0.05, 0.1) is 10.2 Å². The van der Waals surface area contributed by atoms with Gasteiger partial charge >= 0.3 is 0 Å². The number of nitriles is 1. The van der Waals surface area contributed by atoms with Crippen LogP contribution in [0.2, 0.25) is 10.0 Å². The Morgan fingerprint density at radius 1 is 1.05 bits per heavy atom. The predicted molar refractivity (Wildman–Crippen MR) is 160 cm³/mol. The third-order valence-corrected chi connectivity index (χ3v) is 7.46. The molecule has 6 nitrogen and oxygen atoms in total. The summed E-state index contributed by atoms with van der Waals surface area (Å²) in [5.74, 6) is 0.820. The van der Waals surface area contributed by atoms with E-state index >= 15 is 0 Å². The Labute approximate surface area is 246 Å². The second-order valence-corrected chi connectivity index (χ2v) is 10.6. The lowest BCUT2D eigenvalue weighted by atomic mass is 10.1. The number of carbonyl (C=O) groups excluding carboxylic acids is 1. The molecule has 0 aromatic heterocycles. The summed E-state index contributed by atoms with van der Waals surface area (Å²) in [5.41, 5.74) is 2.69. The molecule has 0 aliphatic carbocycles. The third kappa shape index (κ3) is 6.93. The standard InChI is InChI=1S/C29H26Cl2IN3O3/c1-2-37-27-16-20(15-26(32)28(27)38-19-21-8-9-23(30)17-25(21)31)14-22(18-33)29(36)35-12-10-34(11-13-35)24-6-4-3-5-7-24/h3-9,14-17H,2,10-13,19H2,1H3/b22-14-. The summed E-state index contributed by atoms with van der Waals surface area (Å²) >= 11 is 14.5. The fourth-order valence-electron chi connectivity index (χ4n) is 4.15. The molecule has 3 aromatic carbocycles. The summed E-state index contributed by atoms with van der Waals surface area (Å²) in [4.78, 5) is 17.2. The van der Waals surface area contributed by atoms with E-state index in [1.54, 1.807) is 29.2 Å². The molecule has 0 atom stereocenters. The van der Waals surface area contributed by atoms with Crippen LogP contribution < -0.4 is 14.4 Å². The molecule has 9 heteroatoms. The second-order valence-electron chi connectivity index (χ2n) is 8.57. The van der Waals surface area contributed by atoms with Crippen LogP contribution in [-0.4, -0.2) is 43.6 Å². The van der Waals surface area contributed by atoms with Crippen LogP contribution in [0.4, 0.5) is 5.69 Å². The maximum absolute atomic E-state index is 13.2. The number of para-hydroxylation sites is 1. The molecular formula is C29H26Cl2IN3O3. The van der Waals surface area contributed by atoms with Gasteiger partial charge in [0.25, 0.3) is 5.91 Å². The highest BCUT2D eigenvalue weighted by molar-refractivity contribution is 14.1. The fraction of sp³-hybridized carbons (Fsp3) is 0.241. The van der Waals surface area contributed by atoms with E-state index in [0.29, 0.717) is 59.9 Å². The normalized spacial score (nSPS) is 13.7. The van der Waals surface area contributed by atoms with Crippen LogP contribution in [0, 0.1) is 14.9 Å². The number of hydrogen-bond donors (Lipinski definition) is 0. The number of nitrogens with zero attached hydrogens (tertiary/aromatic N) is 3. The Bertz CT molecular complexity index is 1370. The van der Waals surface area contributed by atoms with E-state index in [-0.39, 0.29) is 18.1 Å². The molecule has 0 unspecified atom stereocenters. The SMILES string of the molecule is CCOc1cc(/C=C(/C#N)C(=O)N2CCN(c3ccccc3)CC2)cc(I)c1OCc1ccc(Cl)cc1Cl. The number of benzene rings is 3. The van der Waals surface area contributed by atoms with Crippen molar-refractivity contribution < 1.29 is 14.3 Å². The molecule has 0 radical (unpaired) electrons. The monoisotopic (exact) mass is 661 g/mol. The Kier molecular flexibility index (Phi) is 9.78. The molecule has 3 aromatic rings. The number of carbonyl (C=O) groups is 1. The van der Waals surface area contributed by atoms with Crippen molar-refractivity contribution in [2.75, 3.05) is 37.7 Å². The number of halogens is 3. The largest absolute Gasteiger partial charge is 0.490 e. The van der Waals surface area contributed by atoms with E-state index in [0.717, 1.165) is 14.8 Å². The highest BCUT2D eigenvalue weighted by atomic mass is 127. The van der Waals surface area contributed by atoms with Crippen LogP contribution >= 0.6 is 45.8 Å². The molecule has 1 amide bonds. The summed E-state index contributed by atoms with van der Waals surface area (Å²) in [6.45, 7) is 5.07. The maximum Gasteiger partial charge on any atom is 0.264 e. The molecule has 0 spiro atoms. The van der Waals surface area contributed by atoms with E-state index in [1.807, 2.05) is 37.3 Å². The lowest BCUT2D eigenvalue weighted by molar-refractivity contribution is -0.126. The average molecular weight is 662 g/mol. The smallest absolute Gasteiger partial charge is 0.264 e. The van der Waals surface area contributed by atoms with Crippen LogP contribution in [-0.2, 0) is 11.4 Å². The first-order valence-corrected chi connectivity index (χ1v) is 14.0. The molecule has 0 bridgehead atoms. The van der Waals surface area contributed by atoms with Gasteiger partial charge in [-0.1, -0.05) is 47.5 Å². The minimum Gasteiger partial charge on any atom is -0.490 e. The van der Waals surface area contributed by atoms with E-state index in [9.17, 15) is 10.1 Å². The van der Waals surface area contributed by atoms with Gasteiger partial charge in [0, 0.05) is 47.5 Å². The number of hydrogen-bond acceptors (Lipinski definition) is 5. The summed E-state index contributed by atoms with van der Waals surface area (Å²) in [6, 6.07) is 21.1. The molecule has 1 aliphatic rings. The zero-order chi connectivity index (χ0) is 27.1. The van der Waals surface area contributed by atoms with Gasteiger partial charge in [0.1, 0.15) is 18.2 Å². The first-order chi connectivity index (χ1) is 18.4. The zero-order valence-corrected chi connectivity index (χ0v) is 24.5. The summed E-state index contributed by atoms with van der Waals surface area (Å²) in [6.07, 6.45) is 1.61. The molecule has 38 heavy (non-hydrogen) atoms. The quantitative estimate of drug-likeness (QED) is 0.150. The van der Waals surface area contributed by atoms with Gasteiger partial charge in [-0.25, -0.2) is 0 Å². The molecule has 4 rings (SSSR count). The number of anilines is 1. The Balaban J connectivity index is 1.49. The molecule has 0 N–H and O–H groups in total. The van der Waals surface area contributed by atoms with Crippen molar-refractivity contribution in [3.8, 4) is 17.6 Å². The fourth-order valence-corrected chi connectivity index (χ4v) is 5.39. The lowest BCUT2D eigenvalue weighted by Gasteiger charge is -2.36. The highest BCUT2D eigenvalue weighted by Crippen LogP contribution is 2.36. The number of piperazine rings is 1. The van der Waals surface area contributed by atoms with E-state index in [4.69, 9.17) is 32.7 Å². The van der Waals surface area contributed by atoms with E-state index < -0.39 is 0 Å². The number of ether oxygens (including phenoxy) is 2. The number of amides is 1. The molecule has 196 valence electrons. The molecule has 1 fully saturated rings. The minimum atomic E-state index is -0.272. The second kappa shape index (κ2) is 13.2. The van der Waals surface area contributed by atoms with Gasteiger partial charge in [0.15, 0.2) is 11.5 Å². The Hall–Kier alpha value is -2.93. The van der Waals surface area contributed by atoms with Crippen LogP contribution in [0.15, 0.2) is 66.2 Å². The predicted octanol–water partition coefficient (Wildman–Crippen LogP) is 6.83. The Morgan fingerprint density at radius 2 is 1.79 bits per heavy atom. The van der Waals surface area contributed by atoms with Crippen molar-refractivity contribution in [3.63, 3.8) is 0 Å². The van der Waals surface area contributed by atoms with Gasteiger partial charge in [-0.05, 0) is 77.6 Å². The molecule has 0 saturated carbocycles. The van der Waals surface area contributed by atoms with Gasteiger partial charge in [0.2, 0.25) is 0 Å². The van der Waals surface area contributed by atoms with Gasteiger partial charge in [-0.3, -0.25) is 4.79 Å². The highest BCUT2D eigenvalue weighted by Gasteiger charge is 2.24. The van der Waals surface area contributed by atoms with Gasteiger partial charge in [-0.2, -0.15) is 5.26 Å². The zero-order valence-electron chi connectivity index (χ0n) is 20.8. The van der Waals surface area contributed by atoms with Crippen molar-refractivity contribution in [3.05, 3.63) is 91.0 Å². The number of rotatable bonds is 8. The van der Waals surface area contributed by atoms with Crippen molar-refractivity contribution in [1.82, 2.24) is 4.90 Å². The van der Waals surface area contributed by atoms with Crippen molar-refractivity contribution in [2.45, 2.75) is 13.5 Å². The first-order valence-electron chi connectivity index (χ1n) is 12.1. The first kappa shape index (κ1) is 28.1.